The molecule has 0 radical (unpaired) electrons. The van der Waals surface area contributed by atoms with Crippen molar-refractivity contribution in [1.82, 2.24) is 15.0 Å². The number of anilines is 1. The van der Waals surface area contributed by atoms with Gasteiger partial charge in [0, 0.05) is 30.8 Å². The average Bonchev–Trinajstić information content (AvgIpc) is 2.92. The van der Waals surface area contributed by atoms with Gasteiger partial charge >= 0.3 is 0 Å². The summed E-state index contributed by atoms with van der Waals surface area (Å²) in [6.07, 6.45) is 4.73. The monoisotopic (exact) mass is 356 g/mol. The van der Waals surface area contributed by atoms with E-state index in [0.29, 0.717) is 0 Å². The van der Waals surface area contributed by atoms with Gasteiger partial charge in [0.05, 0.1) is 5.52 Å². The van der Waals surface area contributed by atoms with Crippen LogP contribution in [0.15, 0.2) is 30.3 Å². The minimum absolute atomic E-state index is 0. The highest BCUT2D eigenvalue weighted by atomic mass is 35.5. The normalized spacial score (nSPS) is 14.6. The second-order valence-corrected chi connectivity index (χ2v) is 6.76. The lowest BCUT2D eigenvalue weighted by Gasteiger charge is -2.28. The molecule has 132 valence electrons. The summed E-state index contributed by atoms with van der Waals surface area (Å²) in [5.74, 6) is 1.94. The van der Waals surface area contributed by atoms with Crippen molar-refractivity contribution in [2.45, 2.75) is 39.5 Å². The Kier molecular flexibility index (Phi) is 5.28. The maximum Gasteiger partial charge on any atom is 0.156 e. The molecule has 0 amide bonds. The fourth-order valence-electron chi connectivity index (χ4n) is 3.68. The third-order valence-electron chi connectivity index (χ3n) is 4.93. The number of aromatic nitrogens is 3. The lowest BCUT2D eigenvalue weighted by atomic mass is 10.0. The molecule has 0 spiro atoms. The maximum absolute atomic E-state index is 4.78. The van der Waals surface area contributed by atoms with Gasteiger partial charge in [0.25, 0.3) is 0 Å². The van der Waals surface area contributed by atoms with Crippen LogP contribution in [0.3, 0.4) is 0 Å². The first-order chi connectivity index (χ1) is 11.7. The number of nitrogens with zero attached hydrogens (tertiary/aromatic N) is 3. The smallest absolute Gasteiger partial charge is 0.156 e. The van der Waals surface area contributed by atoms with Crippen LogP contribution < -0.4 is 4.90 Å². The number of H-pyrrole nitrogens is 1. The van der Waals surface area contributed by atoms with Crippen LogP contribution in [0.25, 0.3) is 11.0 Å². The Hall–Kier alpha value is -2.07. The van der Waals surface area contributed by atoms with E-state index in [1.807, 2.05) is 6.92 Å². The summed E-state index contributed by atoms with van der Waals surface area (Å²) in [5, 5.41) is 0. The first kappa shape index (κ1) is 17.7. The van der Waals surface area contributed by atoms with Crippen molar-refractivity contribution < 1.29 is 0 Å². The third-order valence-corrected chi connectivity index (χ3v) is 4.93. The largest absolute Gasteiger partial charge is 0.355 e. The molecule has 1 aromatic carbocycles. The topological polar surface area (TPSA) is 44.8 Å². The van der Waals surface area contributed by atoms with E-state index in [9.17, 15) is 0 Å². The second kappa shape index (κ2) is 7.44. The molecule has 0 aliphatic carbocycles. The Labute approximate surface area is 155 Å². The van der Waals surface area contributed by atoms with Crippen molar-refractivity contribution in [3.8, 4) is 0 Å². The van der Waals surface area contributed by atoms with Crippen molar-refractivity contribution >= 4 is 29.3 Å². The van der Waals surface area contributed by atoms with Crippen LogP contribution in [0.5, 0.6) is 0 Å². The quantitative estimate of drug-likeness (QED) is 0.747. The van der Waals surface area contributed by atoms with Crippen LogP contribution in [-0.2, 0) is 6.42 Å². The number of rotatable bonds is 3. The highest BCUT2D eigenvalue weighted by Gasteiger charge is 2.20. The van der Waals surface area contributed by atoms with Crippen molar-refractivity contribution in [2.75, 3.05) is 18.0 Å². The van der Waals surface area contributed by atoms with Gasteiger partial charge in [-0.1, -0.05) is 30.3 Å². The predicted octanol–water partition coefficient (Wildman–Crippen LogP) is 4.58. The Balaban J connectivity index is 0.00000182. The number of piperidine rings is 1. The van der Waals surface area contributed by atoms with E-state index in [1.165, 1.54) is 36.1 Å². The molecule has 1 saturated heterocycles. The summed E-state index contributed by atoms with van der Waals surface area (Å²) >= 11 is 0. The first-order valence-corrected chi connectivity index (χ1v) is 8.87. The summed E-state index contributed by atoms with van der Waals surface area (Å²) in [6.45, 7) is 6.34. The molecule has 1 aliphatic heterocycles. The van der Waals surface area contributed by atoms with Gasteiger partial charge in [-0.3, -0.25) is 0 Å². The molecule has 25 heavy (non-hydrogen) atoms. The molecule has 0 bridgehead atoms. The third kappa shape index (κ3) is 3.49. The summed E-state index contributed by atoms with van der Waals surface area (Å²) in [5.41, 5.74) is 6.00. The van der Waals surface area contributed by atoms with Crippen molar-refractivity contribution in [1.29, 1.82) is 0 Å². The minimum Gasteiger partial charge on any atom is -0.355 e. The lowest BCUT2D eigenvalue weighted by Crippen LogP contribution is -2.30. The van der Waals surface area contributed by atoms with Gasteiger partial charge in [-0.05, 0) is 38.7 Å². The molecule has 1 N–H and O–H groups in total. The molecule has 0 atom stereocenters. The Morgan fingerprint density at radius 3 is 2.44 bits per heavy atom. The fraction of sp³-hybridized carbons (Fsp3) is 0.400. The molecule has 0 unspecified atom stereocenters. The number of aryl methyl sites for hydroxylation is 2. The highest BCUT2D eigenvalue weighted by Crippen LogP contribution is 2.30. The van der Waals surface area contributed by atoms with Crippen LogP contribution >= 0.6 is 12.4 Å². The molecule has 3 aromatic rings. The van der Waals surface area contributed by atoms with Crippen LogP contribution in [0.4, 0.5) is 5.82 Å². The Morgan fingerprint density at radius 1 is 1.00 bits per heavy atom. The van der Waals surface area contributed by atoms with Gasteiger partial charge < -0.3 is 9.88 Å². The van der Waals surface area contributed by atoms with Crippen molar-refractivity contribution in [2.24, 2.45) is 0 Å². The van der Waals surface area contributed by atoms with E-state index >= 15 is 0 Å². The van der Waals surface area contributed by atoms with Crippen LogP contribution in [0, 0.1) is 13.8 Å². The minimum atomic E-state index is 0. The summed E-state index contributed by atoms with van der Waals surface area (Å²) in [4.78, 5) is 15.5. The van der Waals surface area contributed by atoms with Crippen LogP contribution in [0.2, 0.25) is 0 Å². The van der Waals surface area contributed by atoms with E-state index in [4.69, 9.17) is 9.97 Å². The van der Waals surface area contributed by atoms with Crippen molar-refractivity contribution in [3.05, 3.63) is 53.0 Å². The average molecular weight is 357 g/mol. The van der Waals surface area contributed by atoms with E-state index in [0.717, 1.165) is 42.2 Å². The van der Waals surface area contributed by atoms with Crippen molar-refractivity contribution in [3.63, 3.8) is 0 Å². The van der Waals surface area contributed by atoms with Gasteiger partial charge in [0.15, 0.2) is 5.82 Å². The number of aromatic amines is 1. The van der Waals surface area contributed by atoms with Gasteiger partial charge in [0.2, 0.25) is 0 Å². The maximum atomic E-state index is 4.78. The van der Waals surface area contributed by atoms with Gasteiger partial charge in [-0.2, -0.15) is 0 Å². The Morgan fingerprint density at radius 2 is 1.72 bits per heavy atom. The molecule has 3 heterocycles. The zero-order valence-electron chi connectivity index (χ0n) is 14.9. The number of halogens is 1. The predicted molar refractivity (Wildman–Crippen MR) is 106 cm³/mol. The van der Waals surface area contributed by atoms with E-state index in [-0.39, 0.29) is 12.4 Å². The second-order valence-electron chi connectivity index (χ2n) is 6.76. The number of fused-ring (bicyclic) bond motifs is 1. The molecule has 4 nitrogen and oxygen atoms in total. The standard InChI is InChI=1S/C20H24N4.ClH/c1-14-17(13-16-9-5-3-6-10-16)18-19(21-14)20(23-15(2)22-18)24-11-7-4-8-12-24;/h3,5-6,9-10,21H,4,7-8,11-13H2,1-2H3;1H. The molecule has 1 fully saturated rings. The van der Waals surface area contributed by atoms with Gasteiger partial charge in [0.1, 0.15) is 11.3 Å². The van der Waals surface area contributed by atoms with E-state index < -0.39 is 0 Å². The molecule has 0 saturated carbocycles. The molecule has 4 rings (SSSR count). The number of nitrogens with one attached hydrogen (secondary N) is 1. The first-order valence-electron chi connectivity index (χ1n) is 8.87. The summed E-state index contributed by atoms with van der Waals surface area (Å²) in [6, 6.07) is 10.6. The van der Waals surface area contributed by atoms with Crippen LogP contribution in [0.1, 0.15) is 41.9 Å². The summed E-state index contributed by atoms with van der Waals surface area (Å²) in [7, 11) is 0. The molecule has 5 heteroatoms. The lowest BCUT2D eigenvalue weighted by molar-refractivity contribution is 0.574. The van der Waals surface area contributed by atoms with E-state index in [1.54, 1.807) is 0 Å². The van der Waals surface area contributed by atoms with Crippen LogP contribution in [-0.4, -0.2) is 28.0 Å². The molecule has 2 aromatic heterocycles. The number of benzene rings is 1. The van der Waals surface area contributed by atoms with E-state index in [2.05, 4.69) is 47.1 Å². The summed E-state index contributed by atoms with van der Waals surface area (Å²) < 4.78 is 0. The highest BCUT2D eigenvalue weighted by molar-refractivity contribution is 5.90. The molecule has 1 aliphatic rings. The molecular formula is C20H25ClN4. The zero-order valence-corrected chi connectivity index (χ0v) is 15.7. The SMILES string of the molecule is Cc1nc(N2CCCCC2)c2[nH]c(C)c(Cc3ccccc3)c2n1.Cl. The zero-order chi connectivity index (χ0) is 16.5. The number of hydrogen-bond acceptors (Lipinski definition) is 3. The van der Waals surface area contributed by atoms with Gasteiger partial charge in [-0.15, -0.1) is 12.4 Å². The number of hydrogen-bond donors (Lipinski definition) is 1. The van der Waals surface area contributed by atoms with Gasteiger partial charge in [-0.25, -0.2) is 9.97 Å². The Bertz CT molecular complexity index is 851. The fourth-order valence-corrected chi connectivity index (χ4v) is 3.68. The molecular weight excluding hydrogens is 332 g/mol.